The molecule has 1 aliphatic heterocycles. The van der Waals surface area contributed by atoms with Gasteiger partial charge in [-0.1, -0.05) is 24.6 Å². The second-order valence-corrected chi connectivity index (χ2v) is 8.23. The summed E-state index contributed by atoms with van der Waals surface area (Å²) in [5.74, 6) is -0.233. The minimum Gasteiger partial charge on any atom is -0.397 e. The lowest BCUT2D eigenvalue weighted by molar-refractivity contribution is 0.103. The lowest BCUT2D eigenvalue weighted by atomic mass is 10.0. The Morgan fingerprint density at radius 3 is 2.96 bits per heavy atom. The number of carbonyl (C=O) groups is 1. The second-order valence-electron chi connectivity index (χ2n) is 6.83. The van der Waals surface area contributed by atoms with Crippen molar-refractivity contribution < 1.29 is 4.79 Å². The fourth-order valence-electron chi connectivity index (χ4n) is 3.35. The number of hydrogen-bond donors (Lipinski definition) is 2. The molecule has 0 saturated carbocycles. The van der Waals surface area contributed by atoms with Crippen LogP contribution in [0.15, 0.2) is 24.3 Å². The highest BCUT2D eigenvalue weighted by Crippen LogP contribution is 2.35. The van der Waals surface area contributed by atoms with E-state index in [-0.39, 0.29) is 5.91 Å². The molecule has 0 aliphatic carbocycles. The predicted molar refractivity (Wildman–Crippen MR) is 113 cm³/mol. The summed E-state index contributed by atoms with van der Waals surface area (Å²) >= 11 is 7.49. The predicted octanol–water partition coefficient (Wildman–Crippen LogP) is 4.47. The molecule has 5 nitrogen and oxygen atoms in total. The van der Waals surface area contributed by atoms with Crippen molar-refractivity contribution in [2.24, 2.45) is 0 Å². The maximum Gasteiger partial charge on any atom is 0.267 e. The maximum atomic E-state index is 12.8. The van der Waals surface area contributed by atoms with Crippen molar-refractivity contribution >= 4 is 50.4 Å². The molecule has 1 aliphatic rings. The minimum atomic E-state index is -0.233. The topological polar surface area (TPSA) is 71.2 Å². The highest BCUT2D eigenvalue weighted by Gasteiger charge is 2.22. The van der Waals surface area contributed by atoms with Crippen LogP contribution in [0.25, 0.3) is 10.2 Å². The van der Waals surface area contributed by atoms with Crippen LogP contribution in [0.5, 0.6) is 0 Å². The number of benzene rings is 1. The molecule has 0 bridgehead atoms. The number of rotatable bonds is 3. The molecule has 3 heterocycles. The number of carbonyl (C=O) groups excluding carboxylic acids is 1. The first-order valence-electron chi connectivity index (χ1n) is 8.97. The van der Waals surface area contributed by atoms with Gasteiger partial charge in [-0.25, -0.2) is 4.98 Å². The maximum absolute atomic E-state index is 12.8. The number of hydrogen-bond acceptors (Lipinski definition) is 5. The van der Waals surface area contributed by atoms with Crippen molar-refractivity contribution in [3.63, 3.8) is 0 Å². The SMILES string of the molecule is CCN1CCc2nc3sc(C(=O)Nc4ccc(C)c(Cl)c4)c(N)c3cc2C1. The van der Waals surface area contributed by atoms with Gasteiger partial charge in [-0.15, -0.1) is 11.3 Å². The number of pyridine rings is 1. The van der Waals surface area contributed by atoms with Gasteiger partial charge in [0.25, 0.3) is 5.91 Å². The first-order chi connectivity index (χ1) is 13.0. The molecule has 1 amide bonds. The van der Waals surface area contributed by atoms with Crippen LogP contribution in [0.3, 0.4) is 0 Å². The summed E-state index contributed by atoms with van der Waals surface area (Å²) in [5, 5.41) is 4.37. The van der Waals surface area contributed by atoms with Crippen molar-refractivity contribution in [2.75, 3.05) is 24.1 Å². The quantitative estimate of drug-likeness (QED) is 0.680. The van der Waals surface area contributed by atoms with E-state index in [9.17, 15) is 4.79 Å². The Bertz CT molecular complexity index is 1050. The fraction of sp³-hybridized carbons (Fsp3) is 0.300. The van der Waals surface area contributed by atoms with Crippen LogP contribution in [0.1, 0.15) is 33.4 Å². The number of nitrogen functional groups attached to an aromatic ring is 1. The van der Waals surface area contributed by atoms with Crippen molar-refractivity contribution in [3.05, 3.63) is 51.0 Å². The normalized spacial score (nSPS) is 14.3. The van der Waals surface area contributed by atoms with Crippen molar-refractivity contribution in [1.29, 1.82) is 0 Å². The summed E-state index contributed by atoms with van der Waals surface area (Å²) in [4.78, 5) is 21.2. The number of amides is 1. The Kier molecular flexibility index (Phi) is 4.80. The summed E-state index contributed by atoms with van der Waals surface area (Å²) in [6.45, 7) is 7.00. The van der Waals surface area contributed by atoms with Crippen LogP contribution in [0, 0.1) is 6.92 Å². The Balaban J connectivity index is 1.66. The molecule has 3 N–H and O–H groups in total. The first kappa shape index (κ1) is 18.2. The van der Waals surface area contributed by atoms with Gasteiger partial charge in [-0.2, -0.15) is 0 Å². The molecule has 2 aromatic heterocycles. The summed E-state index contributed by atoms with van der Waals surface area (Å²) in [7, 11) is 0. The van der Waals surface area contributed by atoms with Gasteiger partial charge in [0.15, 0.2) is 0 Å². The fourth-order valence-corrected chi connectivity index (χ4v) is 4.53. The smallest absolute Gasteiger partial charge is 0.267 e. The molecule has 27 heavy (non-hydrogen) atoms. The molecule has 7 heteroatoms. The monoisotopic (exact) mass is 400 g/mol. The van der Waals surface area contributed by atoms with Gasteiger partial charge in [-0.3, -0.25) is 9.69 Å². The van der Waals surface area contributed by atoms with Gasteiger partial charge >= 0.3 is 0 Å². The number of aryl methyl sites for hydroxylation is 1. The molecule has 4 rings (SSSR count). The van der Waals surface area contributed by atoms with E-state index in [1.807, 2.05) is 19.1 Å². The molecule has 0 atom stereocenters. The third-order valence-corrected chi connectivity index (χ3v) is 6.55. The summed E-state index contributed by atoms with van der Waals surface area (Å²) < 4.78 is 0. The van der Waals surface area contributed by atoms with Gasteiger partial charge in [0, 0.05) is 41.3 Å². The minimum absolute atomic E-state index is 0.233. The molecule has 0 saturated heterocycles. The van der Waals surface area contributed by atoms with E-state index in [1.54, 1.807) is 6.07 Å². The first-order valence-corrected chi connectivity index (χ1v) is 10.2. The number of halogens is 1. The van der Waals surface area contributed by atoms with Gasteiger partial charge in [0.2, 0.25) is 0 Å². The molecule has 0 radical (unpaired) electrons. The van der Waals surface area contributed by atoms with E-state index < -0.39 is 0 Å². The Hall–Kier alpha value is -2.15. The Labute approximate surface area is 167 Å². The molecular weight excluding hydrogens is 380 g/mol. The lowest BCUT2D eigenvalue weighted by Gasteiger charge is -2.26. The molecule has 0 unspecified atom stereocenters. The number of nitrogens with one attached hydrogen (secondary N) is 1. The largest absolute Gasteiger partial charge is 0.397 e. The van der Waals surface area contributed by atoms with Crippen molar-refractivity contribution in [3.8, 4) is 0 Å². The summed E-state index contributed by atoms with van der Waals surface area (Å²) in [6.07, 6.45) is 0.931. The van der Waals surface area contributed by atoms with Crippen LogP contribution in [-0.4, -0.2) is 28.9 Å². The van der Waals surface area contributed by atoms with Gasteiger partial charge in [-0.05, 0) is 42.8 Å². The molecule has 140 valence electrons. The molecule has 3 aromatic rings. The van der Waals surface area contributed by atoms with E-state index >= 15 is 0 Å². The number of nitrogens with zero attached hydrogens (tertiary/aromatic N) is 2. The van der Waals surface area contributed by atoms with Crippen LogP contribution >= 0.6 is 22.9 Å². The highest BCUT2D eigenvalue weighted by atomic mass is 35.5. The van der Waals surface area contributed by atoms with Crippen molar-refractivity contribution in [1.82, 2.24) is 9.88 Å². The zero-order valence-corrected chi connectivity index (χ0v) is 16.9. The molecule has 1 aromatic carbocycles. The van der Waals surface area contributed by atoms with Gasteiger partial charge in [0.1, 0.15) is 9.71 Å². The Morgan fingerprint density at radius 2 is 2.22 bits per heavy atom. The van der Waals surface area contributed by atoms with Gasteiger partial charge in [0.05, 0.1) is 5.69 Å². The third kappa shape index (κ3) is 3.40. The van der Waals surface area contributed by atoms with Crippen LogP contribution < -0.4 is 11.1 Å². The van der Waals surface area contributed by atoms with E-state index in [1.165, 1.54) is 16.9 Å². The number of nitrogens with two attached hydrogens (primary N) is 1. The standard InChI is InChI=1S/C20H21ClN4OS/c1-3-25-7-6-16-12(10-25)8-14-17(22)18(27-20(14)24-16)19(26)23-13-5-4-11(2)15(21)9-13/h4-5,8-9H,3,6-7,10,22H2,1-2H3,(H,23,26). The molecule has 0 fully saturated rings. The number of likely N-dealkylation sites (N-methyl/N-ethyl adjacent to an activating group) is 1. The van der Waals surface area contributed by atoms with Gasteiger partial charge < -0.3 is 11.1 Å². The van der Waals surface area contributed by atoms with Crippen LogP contribution in [-0.2, 0) is 13.0 Å². The lowest BCUT2D eigenvalue weighted by Crippen LogP contribution is -2.30. The number of aromatic nitrogens is 1. The van der Waals surface area contributed by atoms with Crippen LogP contribution in [0.4, 0.5) is 11.4 Å². The van der Waals surface area contributed by atoms with E-state index in [0.717, 1.165) is 47.5 Å². The number of thiophene rings is 1. The molecule has 0 spiro atoms. The average Bonchev–Trinajstić information content (AvgIpc) is 2.98. The van der Waals surface area contributed by atoms with E-state index in [2.05, 4.69) is 23.2 Å². The number of anilines is 2. The van der Waals surface area contributed by atoms with E-state index in [4.69, 9.17) is 22.3 Å². The van der Waals surface area contributed by atoms with Crippen LogP contribution in [0.2, 0.25) is 5.02 Å². The molecular formula is C20H21ClN4OS. The zero-order chi connectivity index (χ0) is 19.1. The summed E-state index contributed by atoms with van der Waals surface area (Å²) in [5.41, 5.74) is 10.8. The zero-order valence-electron chi connectivity index (χ0n) is 15.3. The third-order valence-electron chi connectivity index (χ3n) is 5.03. The number of fused-ring (bicyclic) bond motifs is 2. The van der Waals surface area contributed by atoms with E-state index in [0.29, 0.717) is 21.3 Å². The highest BCUT2D eigenvalue weighted by molar-refractivity contribution is 7.21. The second kappa shape index (κ2) is 7.11. The summed E-state index contributed by atoms with van der Waals surface area (Å²) in [6, 6.07) is 7.56. The average molecular weight is 401 g/mol. The van der Waals surface area contributed by atoms with Crippen molar-refractivity contribution in [2.45, 2.75) is 26.8 Å². The Morgan fingerprint density at radius 1 is 1.41 bits per heavy atom.